The van der Waals surface area contributed by atoms with Crippen molar-refractivity contribution in [1.82, 2.24) is 0 Å². The van der Waals surface area contributed by atoms with Gasteiger partial charge >= 0.3 is 0 Å². The molecular weight excluding hydrogens is 236 g/mol. The number of hydrogen-bond donors (Lipinski definition) is 0. The first-order chi connectivity index (χ1) is 7.26. The normalized spacial score (nSPS) is 21.9. The van der Waals surface area contributed by atoms with E-state index in [1.54, 1.807) is 0 Å². The summed E-state index contributed by atoms with van der Waals surface area (Å²) < 4.78 is 0. The van der Waals surface area contributed by atoms with Gasteiger partial charge in [0, 0.05) is 5.75 Å². The molecule has 1 unspecified atom stereocenters. The van der Waals surface area contributed by atoms with Crippen LogP contribution in [-0.2, 0) is 0 Å². The zero-order chi connectivity index (χ0) is 11.1. The lowest BCUT2D eigenvalue weighted by Crippen LogP contribution is -2.29. The van der Waals surface area contributed by atoms with Crippen molar-refractivity contribution >= 4 is 29.7 Å². The van der Waals surface area contributed by atoms with E-state index in [1.807, 2.05) is 21.6 Å². The summed E-state index contributed by atoms with van der Waals surface area (Å²) in [4.78, 5) is 0. The molecular formula is C12H22S2Si. The van der Waals surface area contributed by atoms with Crippen LogP contribution in [0.1, 0.15) is 33.6 Å². The van der Waals surface area contributed by atoms with Crippen LogP contribution in [0.4, 0.5) is 0 Å². The standard InChI is InChI=1S/C12H22S2Si/c1-4-15(5-2,6-3)11-9-12-8-7-10-13-14-12/h12H,4-8,10H2,1-3H3. The molecule has 0 aromatic rings. The molecule has 1 heterocycles. The Kier molecular flexibility index (Phi) is 6.26. The quantitative estimate of drug-likeness (QED) is 0.413. The van der Waals surface area contributed by atoms with Crippen LogP contribution in [0.3, 0.4) is 0 Å². The Morgan fingerprint density at radius 3 is 2.33 bits per heavy atom. The molecule has 15 heavy (non-hydrogen) atoms. The molecule has 0 spiro atoms. The van der Waals surface area contributed by atoms with Gasteiger partial charge in [-0.15, -0.1) is 5.54 Å². The van der Waals surface area contributed by atoms with Crippen LogP contribution in [0.5, 0.6) is 0 Å². The van der Waals surface area contributed by atoms with Gasteiger partial charge in [0.25, 0.3) is 0 Å². The lowest BCUT2D eigenvalue weighted by Gasteiger charge is -2.21. The van der Waals surface area contributed by atoms with E-state index in [0.29, 0.717) is 5.25 Å². The summed E-state index contributed by atoms with van der Waals surface area (Å²) in [5.74, 6) is 4.89. The smallest absolute Gasteiger partial charge is 0.130 e. The highest BCUT2D eigenvalue weighted by Crippen LogP contribution is 2.35. The molecule has 0 nitrogen and oxygen atoms in total. The van der Waals surface area contributed by atoms with Gasteiger partial charge in [0.05, 0.1) is 5.25 Å². The van der Waals surface area contributed by atoms with Crippen LogP contribution in [0, 0.1) is 11.5 Å². The van der Waals surface area contributed by atoms with E-state index < -0.39 is 8.07 Å². The third kappa shape index (κ3) is 4.09. The molecule has 1 aliphatic rings. The first-order valence-electron chi connectivity index (χ1n) is 6.07. The zero-order valence-corrected chi connectivity index (χ0v) is 12.8. The first kappa shape index (κ1) is 13.5. The summed E-state index contributed by atoms with van der Waals surface area (Å²) in [6.07, 6.45) is 2.67. The van der Waals surface area contributed by atoms with Gasteiger partial charge < -0.3 is 0 Å². The van der Waals surface area contributed by atoms with Gasteiger partial charge in [-0.3, -0.25) is 0 Å². The summed E-state index contributed by atoms with van der Waals surface area (Å²) in [5, 5.41) is 0.625. The summed E-state index contributed by atoms with van der Waals surface area (Å²) in [6.45, 7) is 6.99. The maximum absolute atomic E-state index is 3.71. The molecule has 0 aliphatic carbocycles. The Morgan fingerprint density at radius 1 is 1.20 bits per heavy atom. The Balaban J connectivity index is 2.59. The lowest BCUT2D eigenvalue weighted by molar-refractivity contribution is 0.847. The van der Waals surface area contributed by atoms with E-state index in [-0.39, 0.29) is 0 Å². The van der Waals surface area contributed by atoms with Crippen LogP contribution in [-0.4, -0.2) is 19.1 Å². The van der Waals surface area contributed by atoms with Crippen molar-refractivity contribution in [2.45, 2.75) is 57.0 Å². The molecule has 1 rings (SSSR count). The van der Waals surface area contributed by atoms with Crippen molar-refractivity contribution in [2.75, 3.05) is 5.75 Å². The molecule has 1 aliphatic heterocycles. The SMILES string of the molecule is CC[Si](C#CC1CCCSS1)(CC)CC. The Bertz CT molecular complexity index is 223. The van der Waals surface area contributed by atoms with Gasteiger partial charge in [-0.05, 0) is 31.0 Å². The van der Waals surface area contributed by atoms with Crippen LogP contribution in [0.25, 0.3) is 0 Å². The molecule has 3 heteroatoms. The second-order valence-electron chi connectivity index (χ2n) is 4.16. The van der Waals surface area contributed by atoms with Gasteiger partial charge in [-0.2, -0.15) is 0 Å². The van der Waals surface area contributed by atoms with Crippen molar-refractivity contribution in [2.24, 2.45) is 0 Å². The minimum atomic E-state index is -1.19. The summed E-state index contributed by atoms with van der Waals surface area (Å²) in [7, 11) is 2.82. The molecule has 0 aromatic carbocycles. The molecule has 0 bridgehead atoms. The molecule has 0 amide bonds. The molecule has 0 radical (unpaired) electrons. The van der Waals surface area contributed by atoms with Crippen LogP contribution in [0.15, 0.2) is 0 Å². The van der Waals surface area contributed by atoms with Crippen molar-refractivity contribution in [3.8, 4) is 11.5 Å². The maximum atomic E-state index is 3.71. The minimum Gasteiger partial charge on any atom is -0.130 e. The maximum Gasteiger partial charge on any atom is 0.137 e. The van der Waals surface area contributed by atoms with Gasteiger partial charge in [0.2, 0.25) is 0 Å². The van der Waals surface area contributed by atoms with Crippen molar-refractivity contribution < 1.29 is 0 Å². The van der Waals surface area contributed by atoms with Crippen molar-refractivity contribution in [1.29, 1.82) is 0 Å². The zero-order valence-electron chi connectivity index (χ0n) is 10.1. The highest BCUT2D eigenvalue weighted by atomic mass is 33.1. The summed E-state index contributed by atoms with van der Waals surface area (Å²) >= 11 is 0. The molecule has 86 valence electrons. The van der Waals surface area contributed by atoms with E-state index >= 15 is 0 Å². The fourth-order valence-electron chi connectivity index (χ4n) is 1.85. The van der Waals surface area contributed by atoms with E-state index in [2.05, 4.69) is 32.2 Å². The van der Waals surface area contributed by atoms with Gasteiger partial charge in [-0.25, -0.2) is 0 Å². The predicted molar refractivity (Wildman–Crippen MR) is 78.0 cm³/mol. The second kappa shape index (κ2) is 6.93. The predicted octanol–water partition coefficient (Wildman–Crippen LogP) is 4.58. The Labute approximate surface area is 104 Å². The number of hydrogen-bond acceptors (Lipinski definition) is 2. The van der Waals surface area contributed by atoms with Crippen LogP contribution >= 0.6 is 21.6 Å². The van der Waals surface area contributed by atoms with Gasteiger partial charge in [0.1, 0.15) is 8.07 Å². The van der Waals surface area contributed by atoms with Gasteiger partial charge in [0.15, 0.2) is 0 Å². The van der Waals surface area contributed by atoms with Crippen molar-refractivity contribution in [3.05, 3.63) is 0 Å². The highest BCUT2D eigenvalue weighted by molar-refractivity contribution is 8.77. The van der Waals surface area contributed by atoms with Crippen molar-refractivity contribution in [3.63, 3.8) is 0 Å². The summed E-state index contributed by atoms with van der Waals surface area (Å²) in [6, 6.07) is 3.99. The van der Waals surface area contributed by atoms with Gasteiger partial charge in [-0.1, -0.05) is 48.3 Å². The Morgan fingerprint density at radius 2 is 1.87 bits per heavy atom. The fourth-order valence-corrected chi connectivity index (χ4v) is 6.95. The first-order valence-corrected chi connectivity index (χ1v) is 11.1. The average molecular weight is 259 g/mol. The molecule has 1 atom stereocenters. The van der Waals surface area contributed by atoms with E-state index in [9.17, 15) is 0 Å². The highest BCUT2D eigenvalue weighted by Gasteiger charge is 2.24. The van der Waals surface area contributed by atoms with E-state index in [4.69, 9.17) is 0 Å². The fraction of sp³-hybridized carbons (Fsp3) is 0.833. The minimum absolute atomic E-state index is 0.625. The molecule has 0 aromatic heterocycles. The summed E-state index contributed by atoms with van der Waals surface area (Å²) in [5.41, 5.74) is 3.71. The van der Waals surface area contributed by atoms with Crippen LogP contribution < -0.4 is 0 Å². The molecule has 1 saturated heterocycles. The molecule has 1 fully saturated rings. The second-order valence-corrected chi connectivity index (χ2v) is 11.8. The largest absolute Gasteiger partial charge is 0.137 e. The van der Waals surface area contributed by atoms with E-state index in [1.165, 1.54) is 36.7 Å². The average Bonchev–Trinajstić information content (AvgIpc) is 2.33. The Hall–Kier alpha value is 0.477. The molecule has 0 N–H and O–H groups in total. The third-order valence-electron chi connectivity index (χ3n) is 3.41. The van der Waals surface area contributed by atoms with Crippen LogP contribution in [0.2, 0.25) is 18.1 Å². The number of rotatable bonds is 3. The third-order valence-corrected chi connectivity index (χ3v) is 10.9. The topological polar surface area (TPSA) is 0 Å². The monoisotopic (exact) mass is 258 g/mol. The molecule has 0 saturated carbocycles. The lowest BCUT2D eigenvalue weighted by atomic mass is 10.2. The van der Waals surface area contributed by atoms with E-state index in [0.717, 1.165) is 0 Å².